The standard InChI is InChI=1S/C13H15ClFNO2/c14-10-2-1-3-11(15)9(10)6-13(18)16-7-12(17)8-4-5-8/h1-3,8,12,17H,4-7H2,(H,16,18). The average molecular weight is 272 g/mol. The Bertz CT molecular complexity index is 428. The van der Waals surface area contributed by atoms with Gasteiger partial charge in [-0.3, -0.25) is 4.79 Å². The number of amides is 1. The second-order valence-corrected chi connectivity index (χ2v) is 4.99. The van der Waals surface area contributed by atoms with Gasteiger partial charge in [-0.05, 0) is 30.9 Å². The minimum atomic E-state index is -0.495. The molecule has 1 aliphatic rings. The Kier molecular flexibility index (Phi) is 4.19. The number of halogens is 2. The van der Waals surface area contributed by atoms with Gasteiger partial charge >= 0.3 is 0 Å². The van der Waals surface area contributed by atoms with Crippen LogP contribution in [0.3, 0.4) is 0 Å². The number of benzene rings is 1. The molecule has 1 aromatic rings. The third kappa shape index (κ3) is 3.43. The highest BCUT2D eigenvalue weighted by Crippen LogP contribution is 2.32. The number of carbonyl (C=O) groups excluding carboxylic acids is 1. The number of carbonyl (C=O) groups is 1. The fraction of sp³-hybridized carbons (Fsp3) is 0.462. The number of hydrogen-bond acceptors (Lipinski definition) is 2. The van der Waals surface area contributed by atoms with Gasteiger partial charge in [0.05, 0.1) is 12.5 Å². The van der Waals surface area contributed by atoms with Crippen molar-refractivity contribution in [2.24, 2.45) is 5.92 Å². The van der Waals surface area contributed by atoms with Gasteiger partial charge in [-0.25, -0.2) is 4.39 Å². The molecule has 0 spiro atoms. The Labute approximate surface area is 110 Å². The van der Waals surface area contributed by atoms with Crippen LogP contribution in [-0.2, 0) is 11.2 Å². The van der Waals surface area contributed by atoms with Crippen molar-refractivity contribution >= 4 is 17.5 Å². The first kappa shape index (κ1) is 13.3. The van der Waals surface area contributed by atoms with Crippen molar-refractivity contribution in [3.05, 3.63) is 34.6 Å². The Morgan fingerprint density at radius 3 is 2.89 bits per heavy atom. The van der Waals surface area contributed by atoms with Gasteiger partial charge in [0, 0.05) is 17.1 Å². The van der Waals surface area contributed by atoms with Crippen LogP contribution in [0.25, 0.3) is 0 Å². The molecule has 1 aromatic carbocycles. The van der Waals surface area contributed by atoms with Crippen LogP contribution in [0, 0.1) is 11.7 Å². The first-order chi connectivity index (χ1) is 8.58. The molecular formula is C13H15ClFNO2. The van der Waals surface area contributed by atoms with Crippen LogP contribution in [0.5, 0.6) is 0 Å². The topological polar surface area (TPSA) is 49.3 Å². The van der Waals surface area contributed by atoms with Crippen LogP contribution < -0.4 is 5.32 Å². The summed E-state index contributed by atoms with van der Waals surface area (Å²) in [6.07, 6.45) is 1.42. The summed E-state index contributed by atoms with van der Waals surface area (Å²) in [6.45, 7) is 0.218. The van der Waals surface area contributed by atoms with Gasteiger partial charge in [0.15, 0.2) is 0 Å². The zero-order valence-electron chi connectivity index (χ0n) is 9.83. The summed E-state index contributed by atoms with van der Waals surface area (Å²) < 4.78 is 13.4. The molecule has 1 fully saturated rings. The lowest BCUT2D eigenvalue weighted by molar-refractivity contribution is -0.121. The van der Waals surface area contributed by atoms with E-state index in [0.717, 1.165) is 12.8 Å². The van der Waals surface area contributed by atoms with E-state index >= 15 is 0 Å². The fourth-order valence-corrected chi connectivity index (χ4v) is 2.02. The summed E-state index contributed by atoms with van der Waals surface area (Å²) in [5.41, 5.74) is 0.192. The maximum absolute atomic E-state index is 13.4. The number of aliphatic hydroxyl groups excluding tert-OH is 1. The summed E-state index contributed by atoms with van der Waals surface area (Å²) >= 11 is 5.83. The molecule has 0 aliphatic heterocycles. The van der Waals surface area contributed by atoms with Crippen LogP contribution in [0.2, 0.25) is 5.02 Å². The molecule has 0 bridgehead atoms. The van der Waals surface area contributed by atoms with Crippen molar-refractivity contribution in [3.8, 4) is 0 Å². The Morgan fingerprint density at radius 1 is 1.56 bits per heavy atom. The van der Waals surface area contributed by atoms with Crippen molar-refractivity contribution < 1.29 is 14.3 Å². The Balaban J connectivity index is 1.86. The summed E-state index contributed by atoms with van der Waals surface area (Å²) in [4.78, 5) is 11.6. The maximum Gasteiger partial charge on any atom is 0.224 e. The van der Waals surface area contributed by atoms with Gasteiger partial charge in [0.2, 0.25) is 5.91 Å². The highest BCUT2D eigenvalue weighted by molar-refractivity contribution is 6.31. The van der Waals surface area contributed by atoms with Crippen LogP contribution in [0.1, 0.15) is 18.4 Å². The van der Waals surface area contributed by atoms with E-state index in [1.807, 2.05) is 0 Å². The average Bonchev–Trinajstić information content (AvgIpc) is 3.15. The Hall–Kier alpha value is -1.13. The van der Waals surface area contributed by atoms with Gasteiger partial charge in [-0.1, -0.05) is 17.7 Å². The molecule has 1 amide bonds. The number of rotatable bonds is 5. The summed E-state index contributed by atoms with van der Waals surface area (Å²) in [5, 5.41) is 12.4. The minimum Gasteiger partial charge on any atom is -0.391 e. The van der Waals surface area contributed by atoms with Crippen molar-refractivity contribution in [3.63, 3.8) is 0 Å². The van der Waals surface area contributed by atoms with E-state index in [0.29, 0.717) is 5.92 Å². The van der Waals surface area contributed by atoms with Gasteiger partial charge in [0.25, 0.3) is 0 Å². The maximum atomic E-state index is 13.4. The lowest BCUT2D eigenvalue weighted by Crippen LogP contribution is -2.34. The summed E-state index contributed by atoms with van der Waals surface area (Å²) in [6, 6.07) is 4.32. The molecule has 2 rings (SSSR count). The predicted molar refractivity (Wildman–Crippen MR) is 66.9 cm³/mol. The molecule has 0 radical (unpaired) electrons. The number of aliphatic hydroxyl groups is 1. The van der Waals surface area contributed by atoms with E-state index < -0.39 is 11.9 Å². The van der Waals surface area contributed by atoms with Crippen molar-refractivity contribution in [2.75, 3.05) is 6.54 Å². The third-order valence-electron chi connectivity index (χ3n) is 3.07. The molecule has 3 nitrogen and oxygen atoms in total. The number of hydrogen-bond donors (Lipinski definition) is 2. The minimum absolute atomic E-state index is 0.108. The van der Waals surface area contributed by atoms with E-state index in [1.54, 1.807) is 6.07 Å². The molecule has 1 unspecified atom stereocenters. The van der Waals surface area contributed by atoms with Crippen LogP contribution in [-0.4, -0.2) is 23.7 Å². The van der Waals surface area contributed by atoms with Gasteiger partial charge < -0.3 is 10.4 Å². The van der Waals surface area contributed by atoms with E-state index in [9.17, 15) is 14.3 Å². The van der Waals surface area contributed by atoms with Gasteiger partial charge in [-0.15, -0.1) is 0 Å². The highest BCUT2D eigenvalue weighted by atomic mass is 35.5. The predicted octanol–water partition coefficient (Wildman–Crippen LogP) is 1.91. The van der Waals surface area contributed by atoms with E-state index in [1.165, 1.54) is 12.1 Å². The SMILES string of the molecule is O=C(Cc1c(F)cccc1Cl)NCC(O)C1CC1. The van der Waals surface area contributed by atoms with E-state index in [2.05, 4.69) is 5.32 Å². The van der Waals surface area contributed by atoms with Crippen molar-refractivity contribution in [1.82, 2.24) is 5.32 Å². The van der Waals surface area contributed by atoms with Crippen molar-refractivity contribution in [2.45, 2.75) is 25.4 Å². The smallest absolute Gasteiger partial charge is 0.224 e. The summed E-state index contributed by atoms with van der Waals surface area (Å²) in [5.74, 6) is -0.510. The van der Waals surface area contributed by atoms with E-state index in [-0.39, 0.29) is 29.5 Å². The lowest BCUT2D eigenvalue weighted by atomic mass is 10.1. The zero-order chi connectivity index (χ0) is 13.1. The normalized spacial score (nSPS) is 16.4. The second kappa shape index (κ2) is 5.67. The molecular weight excluding hydrogens is 257 g/mol. The van der Waals surface area contributed by atoms with Crippen LogP contribution in [0.4, 0.5) is 4.39 Å². The van der Waals surface area contributed by atoms with Crippen LogP contribution in [0.15, 0.2) is 18.2 Å². The second-order valence-electron chi connectivity index (χ2n) is 4.59. The first-order valence-corrected chi connectivity index (χ1v) is 6.33. The molecule has 0 heterocycles. The molecule has 1 aliphatic carbocycles. The lowest BCUT2D eigenvalue weighted by Gasteiger charge is -2.11. The molecule has 0 saturated heterocycles. The van der Waals surface area contributed by atoms with Crippen molar-refractivity contribution in [1.29, 1.82) is 0 Å². The Morgan fingerprint density at radius 2 is 2.28 bits per heavy atom. The quantitative estimate of drug-likeness (QED) is 0.859. The largest absolute Gasteiger partial charge is 0.391 e. The van der Waals surface area contributed by atoms with Gasteiger partial charge in [0.1, 0.15) is 5.82 Å². The number of nitrogens with one attached hydrogen (secondary N) is 1. The molecule has 98 valence electrons. The third-order valence-corrected chi connectivity index (χ3v) is 3.43. The fourth-order valence-electron chi connectivity index (χ4n) is 1.79. The van der Waals surface area contributed by atoms with Gasteiger partial charge in [-0.2, -0.15) is 0 Å². The molecule has 18 heavy (non-hydrogen) atoms. The molecule has 1 saturated carbocycles. The monoisotopic (exact) mass is 271 g/mol. The van der Waals surface area contributed by atoms with E-state index in [4.69, 9.17) is 11.6 Å². The highest BCUT2D eigenvalue weighted by Gasteiger charge is 2.29. The molecule has 2 N–H and O–H groups in total. The molecule has 0 aromatic heterocycles. The molecule has 5 heteroatoms. The molecule has 1 atom stereocenters. The van der Waals surface area contributed by atoms with Crippen LogP contribution >= 0.6 is 11.6 Å². The zero-order valence-corrected chi connectivity index (χ0v) is 10.6. The summed E-state index contributed by atoms with van der Waals surface area (Å²) in [7, 11) is 0. The first-order valence-electron chi connectivity index (χ1n) is 5.95.